The van der Waals surface area contributed by atoms with E-state index in [0.717, 1.165) is 25.9 Å². The van der Waals surface area contributed by atoms with Gasteiger partial charge in [0.25, 0.3) is 0 Å². The second kappa shape index (κ2) is 7.39. The number of rotatable bonds is 4. The van der Waals surface area contributed by atoms with Crippen molar-refractivity contribution in [3.05, 3.63) is 35.4 Å². The summed E-state index contributed by atoms with van der Waals surface area (Å²) in [6.07, 6.45) is 2.14. The quantitative estimate of drug-likeness (QED) is 0.738. The number of hydrogen-bond acceptors (Lipinski definition) is 6. The highest BCUT2D eigenvalue weighted by Crippen LogP contribution is 2.70. The number of hydrogen-bond donors (Lipinski definition) is 0. The molecule has 3 fully saturated rings. The van der Waals surface area contributed by atoms with Crippen LogP contribution in [0.2, 0.25) is 0 Å². The number of thioether (sulfide) groups is 1. The van der Waals surface area contributed by atoms with Crippen LogP contribution < -0.4 is 0 Å². The van der Waals surface area contributed by atoms with Gasteiger partial charge in [-0.05, 0) is 24.0 Å². The molecular formula is C21H27NO4S. The van der Waals surface area contributed by atoms with Crippen molar-refractivity contribution in [2.75, 3.05) is 40.0 Å². The summed E-state index contributed by atoms with van der Waals surface area (Å²) in [4.78, 5) is 14.8. The number of fused-ring (bicyclic) bond motifs is 8. The van der Waals surface area contributed by atoms with Crippen molar-refractivity contribution in [3.8, 4) is 0 Å². The van der Waals surface area contributed by atoms with Gasteiger partial charge in [-0.15, -0.1) is 11.8 Å². The zero-order valence-electron chi connectivity index (χ0n) is 15.7. The molecule has 6 atom stereocenters. The molecule has 1 saturated carbocycles. The molecule has 1 aliphatic carbocycles. The molecule has 27 heavy (non-hydrogen) atoms. The molecule has 0 amide bonds. The minimum absolute atomic E-state index is 0.00537. The maximum Gasteiger partial charge on any atom is 0.320 e. The van der Waals surface area contributed by atoms with Gasteiger partial charge in [-0.1, -0.05) is 24.3 Å². The summed E-state index contributed by atoms with van der Waals surface area (Å²) in [5.74, 6) is 0.717. The van der Waals surface area contributed by atoms with Gasteiger partial charge in [-0.25, -0.2) is 0 Å². The molecule has 5 rings (SSSR count). The molecule has 146 valence electrons. The van der Waals surface area contributed by atoms with Crippen LogP contribution in [0.3, 0.4) is 0 Å². The Morgan fingerprint density at radius 1 is 1.11 bits per heavy atom. The van der Waals surface area contributed by atoms with Gasteiger partial charge in [0.2, 0.25) is 0 Å². The molecule has 0 spiro atoms. The van der Waals surface area contributed by atoms with E-state index in [1.54, 1.807) is 0 Å². The van der Waals surface area contributed by atoms with Crippen molar-refractivity contribution in [1.29, 1.82) is 0 Å². The molecule has 1 aromatic rings. The first-order valence-corrected chi connectivity index (χ1v) is 11.0. The summed E-state index contributed by atoms with van der Waals surface area (Å²) in [5, 5.41) is 0.900. The number of ether oxygens (including phenoxy) is 3. The van der Waals surface area contributed by atoms with Crippen LogP contribution in [0.5, 0.6) is 0 Å². The maximum absolute atomic E-state index is 12.6. The lowest BCUT2D eigenvalue weighted by Crippen LogP contribution is -2.47. The first kappa shape index (κ1) is 18.0. The molecular weight excluding hydrogens is 362 g/mol. The highest BCUT2D eigenvalue weighted by atomic mass is 32.2. The smallest absolute Gasteiger partial charge is 0.320 e. The monoisotopic (exact) mass is 389 g/mol. The number of methoxy groups -OCH3 is 1. The Bertz CT molecular complexity index is 707. The fraction of sp³-hybridized carbons (Fsp3) is 0.667. The van der Waals surface area contributed by atoms with Crippen LogP contribution in [-0.4, -0.2) is 63.0 Å². The first-order chi connectivity index (χ1) is 13.3. The third-order valence-corrected chi connectivity index (χ3v) is 8.41. The Labute approximate surface area is 164 Å². The third-order valence-electron chi connectivity index (χ3n) is 6.68. The van der Waals surface area contributed by atoms with E-state index < -0.39 is 0 Å². The molecule has 1 aromatic carbocycles. The molecule has 6 heteroatoms. The largest absolute Gasteiger partial charge is 0.461 e. The summed E-state index contributed by atoms with van der Waals surface area (Å²) in [7, 11) is 1.83. The fourth-order valence-corrected chi connectivity index (χ4v) is 7.61. The van der Waals surface area contributed by atoms with Crippen molar-refractivity contribution in [2.45, 2.75) is 35.5 Å². The number of carbonyl (C=O) groups excluding carboxylic acids is 1. The van der Waals surface area contributed by atoms with E-state index in [2.05, 4.69) is 40.9 Å². The molecule has 2 unspecified atom stereocenters. The van der Waals surface area contributed by atoms with Gasteiger partial charge in [0, 0.05) is 42.5 Å². The maximum atomic E-state index is 12.6. The van der Waals surface area contributed by atoms with Gasteiger partial charge in [0.1, 0.15) is 6.10 Å². The van der Waals surface area contributed by atoms with Crippen LogP contribution in [0.15, 0.2) is 24.3 Å². The normalized spacial score (nSPS) is 37.7. The van der Waals surface area contributed by atoms with Gasteiger partial charge in [0.15, 0.2) is 0 Å². The number of carbonyl (C=O) groups is 1. The Morgan fingerprint density at radius 3 is 2.41 bits per heavy atom. The molecule has 4 aliphatic rings. The molecule has 5 nitrogen and oxygen atoms in total. The van der Waals surface area contributed by atoms with Gasteiger partial charge < -0.3 is 14.2 Å². The van der Waals surface area contributed by atoms with E-state index in [4.69, 9.17) is 14.2 Å². The zero-order chi connectivity index (χ0) is 18.4. The molecule has 2 saturated heterocycles. The number of morpholine rings is 1. The molecule has 0 N–H and O–H groups in total. The van der Waals surface area contributed by atoms with Gasteiger partial charge >= 0.3 is 5.97 Å². The van der Waals surface area contributed by atoms with Crippen molar-refractivity contribution < 1.29 is 19.0 Å². The zero-order valence-corrected chi connectivity index (χ0v) is 16.5. The average Bonchev–Trinajstić information content (AvgIpc) is 3.27. The van der Waals surface area contributed by atoms with Crippen LogP contribution in [0, 0.1) is 11.8 Å². The Hall–Kier alpha value is -1.08. The van der Waals surface area contributed by atoms with Crippen molar-refractivity contribution in [2.24, 2.45) is 11.8 Å². The SMILES string of the molecule is CO[C@H]1CC[C@@H](OC(=O)CN2CCOCC2)C2C1[C@H]1S[C@@H]2c2ccccc21. The Balaban J connectivity index is 1.34. The van der Waals surface area contributed by atoms with E-state index in [1.807, 2.05) is 7.11 Å². The van der Waals surface area contributed by atoms with Crippen LogP contribution in [0.1, 0.15) is 34.5 Å². The minimum Gasteiger partial charge on any atom is -0.461 e. The van der Waals surface area contributed by atoms with Crippen molar-refractivity contribution in [3.63, 3.8) is 0 Å². The average molecular weight is 390 g/mol. The lowest BCUT2D eigenvalue weighted by Gasteiger charge is -2.44. The predicted octanol–water partition coefficient (Wildman–Crippen LogP) is 2.81. The van der Waals surface area contributed by atoms with Gasteiger partial charge in [-0.2, -0.15) is 0 Å². The standard InChI is InChI=1S/C21H27NO4S/c1-24-15-6-7-16(26-17(23)12-22-8-10-25-11-9-22)19-18(15)20-13-4-2-3-5-14(13)21(19)27-20/h2-5,15-16,18-21H,6-12H2,1H3/t15-,16+,18?,19?,20-,21+/m0/s1. The van der Waals surface area contributed by atoms with E-state index in [0.29, 0.717) is 42.1 Å². The number of nitrogens with zero attached hydrogens (tertiary/aromatic N) is 1. The summed E-state index contributed by atoms with van der Waals surface area (Å²) < 4.78 is 17.3. The third kappa shape index (κ3) is 3.11. The van der Waals surface area contributed by atoms with E-state index in [-0.39, 0.29) is 18.2 Å². The van der Waals surface area contributed by atoms with Crippen LogP contribution >= 0.6 is 11.8 Å². The fourth-order valence-electron chi connectivity index (χ4n) is 5.49. The van der Waals surface area contributed by atoms with Crippen LogP contribution in [-0.2, 0) is 19.0 Å². The number of esters is 1. The van der Waals surface area contributed by atoms with Gasteiger partial charge in [0.05, 0.1) is 25.9 Å². The highest BCUT2D eigenvalue weighted by molar-refractivity contribution is 8.00. The lowest BCUT2D eigenvalue weighted by atomic mass is 9.66. The molecule has 3 heterocycles. The summed E-state index contributed by atoms with van der Waals surface area (Å²) >= 11 is 2.05. The predicted molar refractivity (Wildman–Crippen MR) is 104 cm³/mol. The van der Waals surface area contributed by atoms with Crippen molar-refractivity contribution in [1.82, 2.24) is 4.90 Å². The topological polar surface area (TPSA) is 48.0 Å². The second-order valence-electron chi connectivity index (χ2n) is 8.03. The molecule has 0 radical (unpaired) electrons. The van der Waals surface area contributed by atoms with E-state index >= 15 is 0 Å². The Morgan fingerprint density at radius 2 is 1.74 bits per heavy atom. The molecule has 2 bridgehead atoms. The van der Waals surface area contributed by atoms with Crippen LogP contribution in [0.4, 0.5) is 0 Å². The van der Waals surface area contributed by atoms with Crippen LogP contribution in [0.25, 0.3) is 0 Å². The lowest BCUT2D eigenvalue weighted by molar-refractivity contribution is -0.161. The number of benzene rings is 1. The molecule has 3 aliphatic heterocycles. The van der Waals surface area contributed by atoms with E-state index in [1.165, 1.54) is 11.1 Å². The first-order valence-electron chi connectivity index (χ1n) is 10.0. The summed E-state index contributed by atoms with van der Waals surface area (Å²) in [6.45, 7) is 3.40. The summed E-state index contributed by atoms with van der Waals surface area (Å²) in [5.41, 5.74) is 2.91. The van der Waals surface area contributed by atoms with Crippen molar-refractivity contribution >= 4 is 17.7 Å². The molecule has 0 aromatic heterocycles. The summed E-state index contributed by atoms with van der Waals surface area (Å²) in [6, 6.07) is 8.79. The van der Waals surface area contributed by atoms with Gasteiger partial charge in [-0.3, -0.25) is 9.69 Å². The minimum atomic E-state index is -0.0856. The van der Waals surface area contributed by atoms with E-state index in [9.17, 15) is 4.79 Å². The Kier molecular flexibility index (Phi) is 4.92. The second-order valence-corrected chi connectivity index (χ2v) is 9.32. The highest BCUT2D eigenvalue weighted by Gasteiger charge is 2.59.